The fourth-order valence-corrected chi connectivity index (χ4v) is 2.70. The molecule has 17 heavy (non-hydrogen) atoms. The monoisotopic (exact) mass is 242 g/mol. The average Bonchev–Trinajstić information content (AvgIpc) is 2.38. The van der Waals surface area contributed by atoms with E-state index in [9.17, 15) is 0 Å². The third-order valence-electron chi connectivity index (χ3n) is 4.00. The van der Waals surface area contributed by atoms with Gasteiger partial charge in [-0.25, -0.2) is 0 Å². The van der Waals surface area contributed by atoms with Gasteiger partial charge in [-0.3, -0.25) is 0 Å². The van der Waals surface area contributed by atoms with Crippen molar-refractivity contribution in [3.8, 4) is 0 Å². The first-order valence-corrected chi connectivity index (χ1v) is 7.34. The molecule has 1 aliphatic heterocycles. The van der Waals surface area contributed by atoms with Crippen LogP contribution in [0.4, 0.5) is 0 Å². The zero-order valence-corrected chi connectivity index (χ0v) is 11.6. The van der Waals surface area contributed by atoms with Crippen molar-refractivity contribution in [3.05, 3.63) is 0 Å². The highest BCUT2D eigenvalue weighted by molar-refractivity contribution is 4.79. The van der Waals surface area contributed by atoms with Gasteiger partial charge in [-0.2, -0.15) is 0 Å². The van der Waals surface area contributed by atoms with Gasteiger partial charge in [0.2, 0.25) is 0 Å². The highest BCUT2D eigenvalue weighted by Gasteiger charge is 2.23. The summed E-state index contributed by atoms with van der Waals surface area (Å²) in [5, 5.41) is 12.4. The number of nitrogens with one attached hydrogen (secondary N) is 1. The lowest BCUT2D eigenvalue weighted by Crippen LogP contribution is -2.44. The molecular formula is C14H30N2O. The van der Waals surface area contributed by atoms with E-state index in [0.717, 1.165) is 25.3 Å². The Morgan fingerprint density at radius 2 is 2.18 bits per heavy atom. The fraction of sp³-hybridized carbons (Fsp3) is 1.00. The number of hydrogen-bond acceptors (Lipinski definition) is 3. The first-order chi connectivity index (χ1) is 8.27. The van der Waals surface area contributed by atoms with Crippen molar-refractivity contribution < 1.29 is 5.11 Å². The number of likely N-dealkylation sites (tertiary alicyclic amines) is 1. The minimum Gasteiger partial charge on any atom is -0.396 e. The first kappa shape index (κ1) is 14.9. The molecule has 2 atom stereocenters. The summed E-state index contributed by atoms with van der Waals surface area (Å²) in [4.78, 5) is 2.57. The molecule has 2 unspecified atom stereocenters. The van der Waals surface area contributed by atoms with Crippen LogP contribution in [0.1, 0.15) is 46.0 Å². The molecule has 0 aromatic carbocycles. The molecule has 1 saturated heterocycles. The van der Waals surface area contributed by atoms with Crippen LogP contribution in [0, 0.1) is 5.92 Å². The SMILES string of the molecule is CCN1CCCC(C(C)NCCCCCO)C1. The van der Waals surface area contributed by atoms with E-state index in [1.165, 1.54) is 38.9 Å². The molecule has 0 aliphatic carbocycles. The molecule has 1 rings (SSSR count). The van der Waals surface area contributed by atoms with Gasteiger partial charge >= 0.3 is 0 Å². The van der Waals surface area contributed by atoms with E-state index in [4.69, 9.17) is 5.11 Å². The van der Waals surface area contributed by atoms with E-state index in [-0.39, 0.29) is 0 Å². The Morgan fingerprint density at radius 3 is 2.88 bits per heavy atom. The highest BCUT2D eigenvalue weighted by atomic mass is 16.2. The number of aliphatic hydroxyl groups is 1. The summed E-state index contributed by atoms with van der Waals surface area (Å²) in [5.74, 6) is 0.821. The summed E-state index contributed by atoms with van der Waals surface area (Å²) in [6.07, 6.45) is 6.01. The summed E-state index contributed by atoms with van der Waals surface area (Å²) >= 11 is 0. The van der Waals surface area contributed by atoms with Gasteiger partial charge in [-0.1, -0.05) is 6.92 Å². The number of hydrogen-bond donors (Lipinski definition) is 2. The average molecular weight is 242 g/mol. The third-order valence-corrected chi connectivity index (χ3v) is 4.00. The minimum absolute atomic E-state index is 0.337. The zero-order chi connectivity index (χ0) is 12.5. The molecule has 0 spiro atoms. The number of piperidine rings is 1. The van der Waals surface area contributed by atoms with E-state index in [1.54, 1.807) is 0 Å². The van der Waals surface area contributed by atoms with E-state index >= 15 is 0 Å². The summed E-state index contributed by atoms with van der Waals surface area (Å²) in [7, 11) is 0. The van der Waals surface area contributed by atoms with Crippen molar-refractivity contribution in [2.45, 2.75) is 52.0 Å². The van der Waals surface area contributed by atoms with Gasteiger partial charge in [-0.15, -0.1) is 0 Å². The maximum atomic E-state index is 8.71. The van der Waals surface area contributed by atoms with Crippen LogP contribution in [0.5, 0.6) is 0 Å². The van der Waals surface area contributed by atoms with E-state index in [2.05, 4.69) is 24.1 Å². The molecule has 1 fully saturated rings. The minimum atomic E-state index is 0.337. The molecular weight excluding hydrogens is 212 g/mol. The van der Waals surface area contributed by atoms with Crippen molar-refractivity contribution >= 4 is 0 Å². The smallest absolute Gasteiger partial charge is 0.0431 e. The topological polar surface area (TPSA) is 35.5 Å². The van der Waals surface area contributed by atoms with E-state index < -0.39 is 0 Å². The molecule has 102 valence electrons. The molecule has 3 nitrogen and oxygen atoms in total. The van der Waals surface area contributed by atoms with Crippen LogP contribution in [0.25, 0.3) is 0 Å². The second-order valence-corrected chi connectivity index (χ2v) is 5.32. The Balaban J connectivity index is 2.11. The third kappa shape index (κ3) is 5.84. The standard InChI is InChI=1S/C14H30N2O/c1-3-16-10-7-8-14(12-16)13(2)15-9-5-4-6-11-17/h13-15,17H,3-12H2,1-2H3. The predicted molar refractivity (Wildman–Crippen MR) is 73.2 cm³/mol. The molecule has 0 saturated carbocycles. The number of unbranched alkanes of at least 4 members (excludes halogenated alkanes) is 2. The molecule has 0 bridgehead atoms. The van der Waals surface area contributed by atoms with Crippen LogP contribution in [-0.2, 0) is 0 Å². The van der Waals surface area contributed by atoms with Crippen LogP contribution in [0.2, 0.25) is 0 Å². The lowest BCUT2D eigenvalue weighted by molar-refractivity contribution is 0.157. The van der Waals surface area contributed by atoms with Crippen LogP contribution in [-0.4, -0.2) is 48.8 Å². The molecule has 0 aromatic rings. The Kier molecular flexibility index (Phi) is 7.82. The molecule has 3 heteroatoms. The predicted octanol–water partition coefficient (Wildman–Crippen LogP) is 1.86. The fourth-order valence-electron chi connectivity index (χ4n) is 2.70. The second kappa shape index (κ2) is 8.90. The highest BCUT2D eigenvalue weighted by Crippen LogP contribution is 2.19. The Labute approximate surface area is 107 Å². The van der Waals surface area contributed by atoms with Crippen LogP contribution in [0.15, 0.2) is 0 Å². The Hall–Kier alpha value is -0.120. The molecule has 1 aliphatic rings. The maximum absolute atomic E-state index is 8.71. The van der Waals surface area contributed by atoms with Crippen molar-refractivity contribution in [2.24, 2.45) is 5.92 Å². The number of rotatable bonds is 8. The largest absolute Gasteiger partial charge is 0.396 e. The van der Waals surface area contributed by atoms with Gasteiger partial charge < -0.3 is 15.3 Å². The van der Waals surface area contributed by atoms with Gasteiger partial charge in [-0.05, 0) is 64.6 Å². The summed E-state index contributed by atoms with van der Waals surface area (Å²) in [6.45, 7) is 9.77. The summed E-state index contributed by atoms with van der Waals surface area (Å²) in [6, 6.07) is 0.637. The lowest BCUT2D eigenvalue weighted by atomic mass is 9.91. The molecule has 0 aromatic heterocycles. The molecule has 2 N–H and O–H groups in total. The lowest BCUT2D eigenvalue weighted by Gasteiger charge is -2.35. The Morgan fingerprint density at radius 1 is 1.35 bits per heavy atom. The summed E-state index contributed by atoms with van der Waals surface area (Å²) in [5.41, 5.74) is 0. The number of nitrogens with zero attached hydrogens (tertiary/aromatic N) is 1. The molecule has 0 radical (unpaired) electrons. The molecule has 0 amide bonds. The van der Waals surface area contributed by atoms with Crippen molar-refractivity contribution in [2.75, 3.05) is 32.8 Å². The second-order valence-electron chi connectivity index (χ2n) is 5.32. The van der Waals surface area contributed by atoms with Crippen LogP contribution >= 0.6 is 0 Å². The van der Waals surface area contributed by atoms with Crippen molar-refractivity contribution in [3.63, 3.8) is 0 Å². The van der Waals surface area contributed by atoms with Crippen molar-refractivity contribution in [1.29, 1.82) is 0 Å². The normalized spacial score (nSPS) is 23.8. The van der Waals surface area contributed by atoms with Crippen LogP contribution < -0.4 is 5.32 Å². The number of aliphatic hydroxyl groups excluding tert-OH is 1. The van der Waals surface area contributed by atoms with Gasteiger partial charge in [0.1, 0.15) is 0 Å². The zero-order valence-electron chi connectivity index (χ0n) is 11.6. The quantitative estimate of drug-likeness (QED) is 0.638. The van der Waals surface area contributed by atoms with Gasteiger partial charge in [0.15, 0.2) is 0 Å². The first-order valence-electron chi connectivity index (χ1n) is 7.34. The van der Waals surface area contributed by atoms with Crippen LogP contribution in [0.3, 0.4) is 0 Å². The summed E-state index contributed by atoms with van der Waals surface area (Å²) < 4.78 is 0. The van der Waals surface area contributed by atoms with Gasteiger partial charge in [0.25, 0.3) is 0 Å². The van der Waals surface area contributed by atoms with E-state index in [0.29, 0.717) is 12.6 Å². The Bertz CT molecular complexity index is 187. The van der Waals surface area contributed by atoms with Gasteiger partial charge in [0, 0.05) is 19.2 Å². The van der Waals surface area contributed by atoms with Crippen molar-refractivity contribution in [1.82, 2.24) is 10.2 Å². The molecule has 1 heterocycles. The van der Waals surface area contributed by atoms with Gasteiger partial charge in [0.05, 0.1) is 0 Å². The van der Waals surface area contributed by atoms with E-state index in [1.807, 2.05) is 0 Å². The maximum Gasteiger partial charge on any atom is 0.0431 e.